The van der Waals surface area contributed by atoms with Gasteiger partial charge in [0, 0.05) is 43.6 Å². The molecule has 1 aromatic carbocycles. The standard InChI is InChI=1S/C19H24N4O2S/c1-22-6-8-23(9-7-22)16-10-15(14-2-5-19(20)21-13-14)11-18(12-16)26(24,25)17-3-4-17/h2,5,10-13,17H,3-4,6-9H2,1H3,(H2,20,21). The molecule has 1 aromatic heterocycles. The number of nitrogen functional groups attached to an aromatic ring is 1. The van der Waals surface area contributed by atoms with Gasteiger partial charge in [-0.05, 0) is 55.8 Å². The van der Waals surface area contributed by atoms with Crippen LogP contribution in [0.15, 0.2) is 41.4 Å². The smallest absolute Gasteiger partial charge is 0.181 e. The van der Waals surface area contributed by atoms with E-state index >= 15 is 0 Å². The first-order chi connectivity index (χ1) is 12.4. The minimum atomic E-state index is -3.26. The molecular formula is C19H24N4O2S. The van der Waals surface area contributed by atoms with Crippen LogP contribution in [-0.2, 0) is 9.84 Å². The Labute approximate surface area is 154 Å². The van der Waals surface area contributed by atoms with Gasteiger partial charge in [0.05, 0.1) is 10.1 Å². The molecule has 0 atom stereocenters. The van der Waals surface area contributed by atoms with E-state index in [1.807, 2.05) is 12.1 Å². The molecule has 2 heterocycles. The van der Waals surface area contributed by atoms with E-state index in [1.165, 1.54) is 0 Å². The zero-order chi connectivity index (χ0) is 18.3. The number of nitrogens with two attached hydrogens (primary N) is 1. The molecule has 26 heavy (non-hydrogen) atoms. The first-order valence-electron chi connectivity index (χ1n) is 8.98. The van der Waals surface area contributed by atoms with Crippen molar-refractivity contribution < 1.29 is 8.42 Å². The Morgan fingerprint density at radius 1 is 1.04 bits per heavy atom. The molecule has 0 spiro atoms. The molecule has 0 amide bonds. The minimum absolute atomic E-state index is 0.220. The number of piperazine rings is 1. The van der Waals surface area contributed by atoms with E-state index in [4.69, 9.17) is 5.73 Å². The average molecular weight is 372 g/mol. The molecule has 2 fully saturated rings. The Balaban J connectivity index is 1.78. The lowest BCUT2D eigenvalue weighted by molar-refractivity contribution is 0.313. The van der Waals surface area contributed by atoms with Gasteiger partial charge in [0.2, 0.25) is 0 Å². The number of pyridine rings is 1. The molecule has 138 valence electrons. The second-order valence-corrected chi connectivity index (χ2v) is 9.45. The highest BCUT2D eigenvalue weighted by Gasteiger charge is 2.37. The Morgan fingerprint density at radius 3 is 2.38 bits per heavy atom. The average Bonchev–Trinajstić information content (AvgIpc) is 3.48. The number of sulfone groups is 1. The summed E-state index contributed by atoms with van der Waals surface area (Å²) in [5.41, 5.74) is 8.40. The largest absolute Gasteiger partial charge is 0.384 e. The summed E-state index contributed by atoms with van der Waals surface area (Å²) < 4.78 is 25.7. The predicted molar refractivity (Wildman–Crippen MR) is 104 cm³/mol. The second kappa shape index (κ2) is 6.55. The zero-order valence-corrected chi connectivity index (χ0v) is 15.7. The van der Waals surface area contributed by atoms with Crippen molar-refractivity contribution in [1.29, 1.82) is 0 Å². The lowest BCUT2D eigenvalue weighted by Gasteiger charge is -2.34. The van der Waals surface area contributed by atoms with Gasteiger partial charge in [-0.15, -0.1) is 0 Å². The van der Waals surface area contributed by atoms with E-state index in [2.05, 4.69) is 27.9 Å². The molecule has 7 heteroatoms. The SMILES string of the molecule is CN1CCN(c2cc(-c3ccc(N)nc3)cc(S(=O)(=O)C3CC3)c2)CC1. The zero-order valence-electron chi connectivity index (χ0n) is 14.9. The van der Waals surface area contributed by atoms with Crippen molar-refractivity contribution >= 4 is 21.3 Å². The fourth-order valence-electron chi connectivity index (χ4n) is 3.31. The molecule has 4 rings (SSSR count). The van der Waals surface area contributed by atoms with Crippen LogP contribution in [0.5, 0.6) is 0 Å². The molecule has 0 bridgehead atoms. The molecule has 6 nitrogen and oxygen atoms in total. The number of rotatable bonds is 4. The molecule has 0 unspecified atom stereocenters. The van der Waals surface area contributed by atoms with Crippen LogP contribution >= 0.6 is 0 Å². The van der Waals surface area contributed by atoms with Crippen molar-refractivity contribution in [2.45, 2.75) is 23.0 Å². The summed E-state index contributed by atoms with van der Waals surface area (Å²) in [5, 5.41) is -0.220. The van der Waals surface area contributed by atoms with Crippen LogP contribution in [0.2, 0.25) is 0 Å². The molecule has 0 radical (unpaired) electrons. The van der Waals surface area contributed by atoms with Gasteiger partial charge >= 0.3 is 0 Å². The molecule has 2 aliphatic rings. The first-order valence-corrected chi connectivity index (χ1v) is 10.5. The third-order valence-electron chi connectivity index (χ3n) is 5.17. The van der Waals surface area contributed by atoms with Crippen LogP contribution in [-0.4, -0.2) is 56.8 Å². The Kier molecular flexibility index (Phi) is 4.36. The Bertz CT molecular complexity index is 900. The number of aromatic nitrogens is 1. The van der Waals surface area contributed by atoms with Crippen LogP contribution in [0.25, 0.3) is 11.1 Å². The molecule has 1 saturated heterocycles. The maximum Gasteiger partial charge on any atom is 0.181 e. The van der Waals surface area contributed by atoms with Gasteiger partial charge in [-0.2, -0.15) is 0 Å². The monoisotopic (exact) mass is 372 g/mol. The third-order valence-corrected chi connectivity index (χ3v) is 7.41. The van der Waals surface area contributed by atoms with Gasteiger partial charge in [-0.3, -0.25) is 0 Å². The van der Waals surface area contributed by atoms with E-state index in [1.54, 1.807) is 18.3 Å². The van der Waals surface area contributed by atoms with Gasteiger partial charge in [0.25, 0.3) is 0 Å². The van der Waals surface area contributed by atoms with Gasteiger partial charge in [-0.25, -0.2) is 13.4 Å². The summed E-state index contributed by atoms with van der Waals surface area (Å²) in [4.78, 5) is 9.12. The molecule has 1 aliphatic carbocycles. The lowest BCUT2D eigenvalue weighted by Crippen LogP contribution is -2.44. The summed E-state index contributed by atoms with van der Waals surface area (Å²) in [7, 11) is -1.15. The van der Waals surface area contributed by atoms with Crippen molar-refractivity contribution in [1.82, 2.24) is 9.88 Å². The fraction of sp³-hybridized carbons (Fsp3) is 0.421. The molecular weight excluding hydrogens is 348 g/mol. The van der Waals surface area contributed by atoms with E-state index in [0.717, 1.165) is 55.8 Å². The van der Waals surface area contributed by atoms with Crippen molar-refractivity contribution in [2.75, 3.05) is 43.9 Å². The van der Waals surface area contributed by atoms with Crippen molar-refractivity contribution in [3.8, 4) is 11.1 Å². The van der Waals surface area contributed by atoms with Crippen LogP contribution in [0.4, 0.5) is 11.5 Å². The summed E-state index contributed by atoms with van der Waals surface area (Å²) in [5.74, 6) is 0.454. The number of benzene rings is 1. The van der Waals surface area contributed by atoms with Gasteiger partial charge < -0.3 is 15.5 Å². The highest BCUT2D eigenvalue weighted by Crippen LogP contribution is 2.37. The highest BCUT2D eigenvalue weighted by molar-refractivity contribution is 7.92. The number of hydrogen-bond acceptors (Lipinski definition) is 6. The topological polar surface area (TPSA) is 79.5 Å². The van der Waals surface area contributed by atoms with Gasteiger partial charge in [-0.1, -0.05) is 0 Å². The van der Waals surface area contributed by atoms with E-state index in [-0.39, 0.29) is 5.25 Å². The number of likely N-dealkylation sites (N-methyl/N-ethyl adjacent to an activating group) is 1. The maximum absolute atomic E-state index is 12.9. The van der Waals surface area contributed by atoms with Crippen molar-refractivity contribution in [3.05, 3.63) is 36.5 Å². The van der Waals surface area contributed by atoms with Crippen LogP contribution in [0.1, 0.15) is 12.8 Å². The minimum Gasteiger partial charge on any atom is -0.384 e. The Hall–Kier alpha value is -2.12. The second-order valence-electron chi connectivity index (χ2n) is 7.22. The van der Waals surface area contributed by atoms with E-state index < -0.39 is 9.84 Å². The fourth-order valence-corrected chi connectivity index (χ4v) is 5.03. The summed E-state index contributed by atoms with van der Waals surface area (Å²) in [6.07, 6.45) is 3.23. The maximum atomic E-state index is 12.9. The number of nitrogens with zero attached hydrogens (tertiary/aromatic N) is 3. The van der Waals surface area contributed by atoms with Gasteiger partial charge in [0.1, 0.15) is 5.82 Å². The summed E-state index contributed by atoms with van der Waals surface area (Å²) in [6.45, 7) is 3.72. The normalized spacial score (nSPS) is 18.9. The summed E-state index contributed by atoms with van der Waals surface area (Å²) in [6, 6.07) is 9.31. The quantitative estimate of drug-likeness (QED) is 0.884. The van der Waals surface area contributed by atoms with Crippen molar-refractivity contribution in [3.63, 3.8) is 0 Å². The van der Waals surface area contributed by atoms with Crippen LogP contribution in [0.3, 0.4) is 0 Å². The predicted octanol–water partition coefficient (Wildman–Crippen LogP) is 2.02. The first kappa shape index (κ1) is 17.3. The third kappa shape index (κ3) is 3.41. The van der Waals surface area contributed by atoms with E-state index in [0.29, 0.717) is 10.7 Å². The highest BCUT2D eigenvalue weighted by atomic mass is 32.2. The van der Waals surface area contributed by atoms with Gasteiger partial charge in [0.15, 0.2) is 9.84 Å². The Morgan fingerprint density at radius 2 is 1.77 bits per heavy atom. The molecule has 2 N–H and O–H groups in total. The van der Waals surface area contributed by atoms with E-state index in [9.17, 15) is 8.42 Å². The van der Waals surface area contributed by atoms with Crippen LogP contribution in [0, 0.1) is 0 Å². The molecule has 2 aromatic rings. The number of anilines is 2. The molecule has 1 aliphatic heterocycles. The lowest BCUT2D eigenvalue weighted by atomic mass is 10.1. The van der Waals surface area contributed by atoms with Crippen molar-refractivity contribution in [2.24, 2.45) is 0 Å². The summed E-state index contributed by atoms with van der Waals surface area (Å²) >= 11 is 0. The van der Waals surface area contributed by atoms with Crippen LogP contribution < -0.4 is 10.6 Å². The number of hydrogen-bond donors (Lipinski definition) is 1. The molecule has 1 saturated carbocycles.